The molecular weight excluding hydrogens is 272 g/mol. The summed E-state index contributed by atoms with van der Waals surface area (Å²) >= 11 is 0. The van der Waals surface area contributed by atoms with E-state index < -0.39 is 0 Å². The van der Waals surface area contributed by atoms with Gasteiger partial charge in [-0.05, 0) is 26.2 Å². The molecule has 0 radical (unpaired) electrons. The Morgan fingerprint density at radius 2 is 2.19 bits per heavy atom. The maximum absolute atomic E-state index is 5.88. The van der Waals surface area contributed by atoms with Crippen LogP contribution in [0.5, 0.6) is 0 Å². The molecule has 0 fully saturated rings. The van der Waals surface area contributed by atoms with Gasteiger partial charge in [0, 0.05) is 13.1 Å². The number of likely N-dealkylation sites (N-methyl/N-ethyl adjacent to an activating group) is 1. The SMILES string of the molecule is CN(C)CCNc1nc(N)n2nc(-c3ccco3)nc2n1. The Balaban J connectivity index is 1.88. The van der Waals surface area contributed by atoms with E-state index in [0.717, 1.165) is 6.54 Å². The zero-order valence-electron chi connectivity index (χ0n) is 11.8. The number of aromatic nitrogens is 5. The van der Waals surface area contributed by atoms with Gasteiger partial charge < -0.3 is 20.4 Å². The van der Waals surface area contributed by atoms with Crippen molar-refractivity contribution in [3.05, 3.63) is 18.4 Å². The number of nitrogens with one attached hydrogen (secondary N) is 1. The Bertz CT molecular complexity index is 733. The van der Waals surface area contributed by atoms with E-state index in [1.54, 1.807) is 18.4 Å². The van der Waals surface area contributed by atoms with Crippen LogP contribution in [0, 0.1) is 0 Å². The summed E-state index contributed by atoms with van der Waals surface area (Å²) in [7, 11) is 3.99. The van der Waals surface area contributed by atoms with Crippen molar-refractivity contribution >= 4 is 17.7 Å². The third-order valence-electron chi connectivity index (χ3n) is 2.82. The lowest BCUT2D eigenvalue weighted by Crippen LogP contribution is -2.22. The molecule has 0 spiro atoms. The summed E-state index contributed by atoms with van der Waals surface area (Å²) in [6.07, 6.45) is 1.56. The van der Waals surface area contributed by atoms with Crippen molar-refractivity contribution in [2.45, 2.75) is 0 Å². The number of rotatable bonds is 5. The number of anilines is 2. The number of fused-ring (bicyclic) bond motifs is 1. The molecule has 3 aromatic rings. The summed E-state index contributed by atoms with van der Waals surface area (Å²) in [5.74, 6) is 2.01. The average molecular weight is 288 g/mol. The van der Waals surface area contributed by atoms with E-state index in [1.807, 2.05) is 14.1 Å². The van der Waals surface area contributed by atoms with Crippen molar-refractivity contribution in [2.24, 2.45) is 0 Å². The van der Waals surface area contributed by atoms with E-state index in [9.17, 15) is 0 Å². The quantitative estimate of drug-likeness (QED) is 0.691. The second-order valence-electron chi connectivity index (χ2n) is 4.76. The molecule has 21 heavy (non-hydrogen) atoms. The van der Waals surface area contributed by atoms with E-state index in [4.69, 9.17) is 10.2 Å². The molecule has 0 aliphatic rings. The van der Waals surface area contributed by atoms with E-state index in [1.165, 1.54) is 4.52 Å². The lowest BCUT2D eigenvalue weighted by atomic mass is 10.4. The van der Waals surface area contributed by atoms with E-state index in [-0.39, 0.29) is 5.95 Å². The van der Waals surface area contributed by atoms with Gasteiger partial charge in [-0.2, -0.15) is 19.5 Å². The van der Waals surface area contributed by atoms with Gasteiger partial charge in [0.15, 0.2) is 5.76 Å². The lowest BCUT2D eigenvalue weighted by molar-refractivity contribution is 0.425. The second-order valence-corrected chi connectivity index (χ2v) is 4.76. The summed E-state index contributed by atoms with van der Waals surface area (Å²) in [5, 5.41) is 7.33. The fourth-order valence-electron chi connectivity index (χ4n) is 1.79. The van der Waals surface area contributed by atoms with E-state index in [2.05, 4.69) is 30.3 Å². The van der Waals surface area contributed by atoms with Crippen LogP contribution >= 0.6 is 0 Å². The number of hydrogen-bond donors (Lipinski definition) is 2. The fourth-order valence-corrected chi connectivity index (χ4v) is 1.79. The molecule has 3 rings (SSSR count). The van der Waals surface area contributed by atoms with Crippen LogP contribution in [-0.4, -0.2) is 56.7 Å². The largest absolute Gasteiger partial charge is 0.461 e. The number of furan rings is 1. The summed E-state index contributed by atoms with van der Waals surface area (Å²) in [6, 6.07) is 3.54. The third kappa shape index (κ3) is 2.77. The smallest absolute Gasteiger partial charge is 0.259 e. The van der Waals surface area contributed by atoms with Crippen molar-refractivity contribution in [3.8, 4) is 11.6 Å². The van der Waals surface area contributed by atoms with Gasteiger partial charge in [-0.1, -0.05) is 0 Å². The van der Waals surface area contributed by atoms with Crippen molar-refractivity contribution in [3.63, 3.8) is 0 Å². The summed E-state index contributed by atoms with van der Waals surface area (Å²) in [6.45, 7) is 1.57. The Hall–Kier alpha value is -2.68. The highest BCUT2D eigenvalue weighted by Gasteiger charge is 2.13. The third-order valence-corrected chi connectivity index (χ3v) is 2.82. The second kappa shape index (κ2) is 5.37. The van der Waals surface area contributed by atoms with Crippen LogP contribution in [0.3, 0.4) is 0 Å². The van der Waals surface area contributed by atoms with Crippen LogP contribution in [0.2, 0.25) is 0 Å². The minimum Gasteiger partial charge on any atom is -0.461 e. The molecule has 0 atom stereocenters. The molecule has 0 saturated heterocycles. The highest BCUT2D eigenvalue weighted by Crippen LogP contribution is 2.17. The summed E-state index contributed by atoms with van der Waals surface area (Å²) < 4.78 is 6.65. The monoisotopic (exact) mass is 288 g/mol. The standard InChI is InChI=1S/C12H16N8O/c1-19(2)6-5-14-11-16-10(13)20-12(17-11)15-9(18-20)8-4-3-7-21-8/h3-4,7H,5-6H2,1-2H3,(H3,13,14,15,16,17,18). The Labute approximate surface area is 120 Å². The molecule has 0 bridgehead atoms. The molecule has 3 N–H and O–H groups in total. The van der Waals surface area contributed by atoms with Crippen LogP contribution in [-0.2, 0) is 0 Å². The molecule has 0 aliphatic carbocycles. The maximum atomic E-state index is 5.88. The van der Waals surface area contributed by atoms with Crippen LogP contribution in [0.25, 0.3) is 17.4 Å². The first-order chi connectivity index (χ1) is 10.1. The number of nitrogens with two attached hydrogens (primary N) is 1. The summed E-state index contributed by atoms with van der Waals surface area (Å²) in [4.78, 5) is 14.8. The molecule has 0 saturated carbocycles. The number of nitrogen functional groups attached to an aromatic ring is 1. The normalized spacial score (nSPS) is 11.4. The van der Waals surface area contributed by atoms with Crippen LogP contribution in [0.1, 0.15) is 0 Å². The van der Waals surface area contributed by atoms with Crippen molar-refractivity contribution in [1.29, 1.82) is 0 Å². The fraction of sp³-hybridized carbons (Fsp3) is 0.333. The van der Waals surface area contributed by atoms with Gasteiger partial charge in [0.2, 0.25) is 17.7 Å². The van der Waals surface area contributed by atoms with Gasteiger partial charge in [0.25, 0.3) is 5.78 Å². The van der Waals surface area contributed by atoms with Crippen molar-refractivity contribution in [2.75, 3.05) is 38.2 Å². The van der Waals surface area contributed by atoms with E-state index >= 15 is 0 Å². The van der Waals surface area contributed by atoms with Gasteiger partial charge in [-0.3, -0.25) is 0 Å². The predicted octanol–water partition coefficient (Wildman–Crippen LogP) is 0.335. The zero-order chi connectivity index (χ0) is 14.8. The topological polar surface area (TPSA) is 110 Å². The predicted molar refractivity (Wildman–Crippen MR) is 77.7 cm³/mol. The first-order valence-corrected chi connectivity index (χ1v) is 6.46. The first kappa shape index (κ1) is 13.3. The van der Waals surface area contributed by atoms with Crippen molar-refractivity contribution in [1.82, 2.24) is 29.5 Å². The summed E-state index contributed by atoms with van der Waals surface area (Å²) in [5.41, 5.74) is 5.88. The zero-order valence-corrected chi connectivity index (χ0v) is 11.8. The minimum absolute atomic E-state index is 0.220. The molecule has 3 aromatic heterocycles. The molecule has 0 unspecified atom stereocenters. The molecule has 0 aliphatic heterocycles. The molecule has 0 amide bonds. The molecule has 9 heteroatoms. The number of hydrogen-bond acceptors (Lipinski definition) is 8. The average Bonchev–Trinajstić information content (AvgIpc) is 3.06. The Morgan fingerprint density at radius 3 is 2.90 bits per heavy atom. The van der Waals surface area contributed by atoms with Crippen LogP contribution < -0.4 is 11.1 Å². The Kier molecular flexibility index (Phi) is 3.40. The van der Waals surface area contributed by atoms with Crippen LogP contribution in [0.15, 0.2) is 22.8 Å². The minimum atomic E-state index is 0.220. The lowest BCUT2D eigenvalue weighted by Gasteiger charge is -2.10. The molecule has 110 valence electrons. The molecular formula is C12H16N8O. The molecule has 3 heterocycles. The van der Waals surface area contributed by atoms with E-state index in [0.29, 0.717) is 29.9 Å². The van der Waals surface area contributed by atoms with Gasteiger partial charge >= 0.3 is 0 Å². The van der Waals surface area contributed by atoms with Gasteiger partial charge in [0.1, 0.15) is 0 Å². The van der Waals surface area contributed by atoms with Gasteiger partial charge in [-0.25, -0.2) is 0 Å². The van der Waals surface area contributed by atoms with Crippen molar-refractivity contribution < 1.29 is 4.42 Å². The van der Waals surface area contributed by atoms with Crippen LogP contribution in [0.4, 0.5) is 11.9 Å². The van der Waals surface area contributed by atoms with Gasteiger partial charge in [-0.15, -0.1) is 5.10 Å². The number of nitrogens with zero attached hydrogens (tertiary/aromatic N) is 6. The molecule has 9 nitrogen and oxygen atoms in total. The highest BCUT2D eigenvalue weighted by molar-refractivity contribution is 5.52. The first-order valence-electron chi connectivity index (χ1n) is 6.46. The maximum Gasteiger partial charge on any atom is 0.259 e. The highest BCUT2D eigenvalue weighted by atomic mass is 16.3. The Morgan fingerprint density at radius 1 is 1.33 bits per heavy atom. The van der Waals surface area contributed by atoms with Gasteiger partial charge in [0.05, 0.1) is 6.26 Å². The molecule has 0 aromatic carbocycles.